The number of para-hydroxylation sites is 1. The fraction of sp³-hybridized carbons (Fsp3) is 0.0909. The molecule has 0 unspecified atom stereocenters. The first kappa shape index (κ1) is 10.4. The van der Waals surface area contributed by atoms with Crippen molar-refractivity contribution in [2.24, 2.45) is 0 Å². The highest BCUT2D eigenvalue weighted by Gasteiger charge is 2.11. The van der Waals surface area contributed by atoms with Gasteiger partial charge in [0.25, 0.3) is 0 Å². The van der Waals surface area contributed by atoms with Gasteiger partial charge in [-0.05, 0) is 12.1 Å². The Kier molecular flexibility index (Phi) is 2.44. The van der Waals surface area contributed by atoms with E-state index in [4.69, 9.17) is 0 Å². The average Bonchev–Trinajstić information content (AvgIpc) is 2.29. The van der Waals surface area contributed by atoms with E-state index in [1.54, 1.807) is 0 Å². The first-order valence-electron chi connectivity index (χ1n) is 4.53. The van der Waals surface area contributed by atoms with Crippen molar-refractivity contribution in [3.63, 3.8) is 0 Å². The van der Waals surface area contributed by atoms with Crippen LogP contribution in [-0.4, -0.2) is 18.1 Å². The van der Waals surface area contributed by atoms with Crippen molar-refractivity contribution in [1.29, 1.82) is 0 Å². The normalized spacial score (nSPS) is 10.4. The second kappa shape index (κ2) is 3.77. The number of aromatic nitrogens is 1. The molecule has 1 N–H and O–H groups in total. The van der Waals surface area contributed by atoms with Crippen LogP contribution in [-0.2, 0) is 4.74 Å². The molecule has 0 spiro atoms. The zero-order valence-electron chi connectivity index (χ0n) is 8.41. The van der Waals surface area contributed by atoms with Crippen LogP contribution in [0.3, 0.4) is 0 Å². The summed E-state index contributed by atoms with van der Waals surface area (Å²) in [5.74, 6) is -1.29. The van der Waals surface area contributed by atoms with Gasteiger partial charge in [-0.25, -0.2) is 9.18 Å². The number of hydrogen-bond acceptors (Lipinski definition) is 3. The fourth-order valence-corrected chi connectivity index (χ4v) is 1.46. The number of benzene rings is 1. The number of carbonyl (C=O) groups excluding carboxylic acids is 1. The van der Waals surface area contributed by atoms with Gasteiger partial charge < -0.3 is 9.72 Å². The van der Waals surface area contributed by atoms with Gasteiger partial charge in [0.05, 0.1) is 12.6 Å². The summed E-state index contributed by atoms with van der Waals surface area (Å²) < 4.78 is 17.8. The summed E-state index contributed by atoms with van der Waals surface area (Å²) in [5.41, 5.74) is -0.478. The highest BCUT2D eigenvalue weighted by molar-refractivity contribution is 5.90. The molecule has 0 aliphatic carbocycles. The number of fused-ring (bicyclic) bond motifs is 1. The molecule has 2 aromatic rings. The van der Waals surface area contributed by atoms with E-state index in [0.717, 1.165) is 6.07 Å². The molecule has 0 saturated carbocycles. The van der Waals surface area contributed by atoms with Crippen molar-refractivity contribution in [3.05, 3.63) is 46.0 Å². The van der Waals surface area contributed by atoms with Gasteiger partial charge in [0.2, 0.25) is 0 Å². The smallest absolute Gasteiger partial charge is 0.354 e. The molecule has 82 valence electrons. The van der Waals surface area contributed by atoms with Crippen LogP contribution in [0.4, 0.5) is 4.39 Å². The Morgan fingerprint density at radius 1 is 1.44 bits per heavy atom. The second-order valence-electron chi connectivity index (χ2n) is 3.20. The molecule has 0 fully saturated rings. The van der Waals surface area contributed by atoms with Crippen molar-refractivity contribution in [3.8, 4) is 0 Å². The predicted molar refractivity (Wildman–Crippen MR) is 55.9 cm³/mol. The molecular formula is C11H8FNO3. The van der Waals surface area contributed by atoms with Gasteiger partial charge in [-0.2, -0.15) is 0 Å². The lowest BCUT2D eigenvalue weighted by molar-refractivity contribution is 0.0594. The molecule has 1 aromatic heterocycles. The predicted octanol–water partition coefficient (Wildman–Crippen LogP) is 1.45. The number of aromatic amines is 1. The molecule has 4 nitrogen and oxygen atoms in total. The molecule has 1 aromatic carbocycles. The Labute approximate surface area is 89.7 Å². The van der Waals surface area contributed by atoms with E-state index in [2.05, 4.69) is 9.72 Å². The van der Waals surface area contributed by atoms with E-state index in [1.807, 2.05) is 0 Å². The molecule has 0 saturated heterocycles. The topological polar surface area (TPSA) is 59.2 Å². The average molecular weight is 221 g/mol. The van der Waals surface area contributed by atoms with Crippen molar-refractivity contribution in [2.45, 2.75) is 0 Å². The molecule has 0 bridgehead atoms. The molecule has 0 atom stereocenters. The minimum atomic E-state index is -0.706. The lowest BCUT2D eigenvalue weighted by atomic mass is 10.2. The van der Waals surface area contributed by atoms with Crippen LogP contribution in [0.1, 0.15) is 10.5 Å². The Hall–Kier alpha value is -2.17. The van der Waals surface area contributed by atoms with Crippen LogP contribution in [0.2, 0.25) is 0 Å². The number of hydrogen-bond donors (Lipinski definition) is 1. The molecule has 2 rings (SSSR count). The van der Waals surface area contributed by atoms with E-state index in [9.17, 15) is 14.0 Å². The lowest BCUT2D eigenvalue weighted by Crippen LogP contribution is -2.11. The molecule has 5 heteroatoms. The van der Waals surface area contributed by atoms with Gasteiger partial charge >= 0.3 is 5.97 Å². The molecule has 1 heterocycles. The van der Waals surface area contributed by atoms with E-state index in [1.165, 1.54) is 25.3 Å². The zero-order valence-corrected chi connectivity index (χ0v) is 8.41. The maximum atomic E-state index is 13.4. The van der Waals surface area contributed by atoms with E-state index >= 15 is 0 Å². The Morgan fingerprint density at radius 3 is 2.88 bits per heavy atom. The molecule has 0 amide bonds. The Morgan fingerprint density at radius 2 is 2.19 bits per heavy atom. The molecule has 16 heavy (non-hydrogen) atoms. The number of halogens is 1. The standard InChI is InChI=1S/C11H8FNO3/c1-16-11(15)8-5-9(14)6-3-2-4-7(12)10(6)13-8/h2-5H,1H3,(H,13,14). The van der Waals surface area contributed by atoms with Crippen LogP contribution in [0.25, 0.3) is 10.9 Å². The number of ether oxygens (including phenoxy) is 1. The van der Waals surface area contributed by atoms with Crippen molar-refractivity contribution in [2.75, 3.05) is 7.11 Å². The number of H-pyrrole nitrogens is 1. The number of methoxy groups -OCH3 is 1. The minimum Gasteiger partial charge on any atom is -0.464 e. The van der Waals surface area contributed by atoms with Gasteiger partial charge in [0.15, 0.2) is 5.43 Å². The number of nitrogens with one attached hydrogen (secondary N) is 1. The fourth-order valence-electron chi connectivity index (χ4n) is 1.46. The summed E-state index contributed by atoms with van der Waals surface area (Å²) in [5, 5.41) is 0.202. The van der Waals surface area contributed by atoms with E-state index in [0.29, 0.717) is 0 Å². The monoisotopic (exact) mass is 221 g/mol. The number of esters is 1. The number of rotatable bonds is 1. The minimum absolute atomic E-state index is 0.00963. The van der Waals surface area contributed by atoms with Crippen molar-refractivity contribution >= 4 is 16.9 Å². The highest BCUT2D eigenvalue weighted by atomic mass is 19.1. The summed E-state index contributed by atoms with van der Waals surface area (Å²) in [6, 6.07) is 5.22. The van der Waals surface area contributed by atoms with Gasteiger partial charge in [-0.1, -0.05) is 6.07 Å². The second-order valence-corrected chi connectivity index (χ2v) is 3.20. The van der Waals surface area contributed by atoms with E-state index in [-0.39, 0.29) is 16.6 Å². The largest absolute Gasteiger partial charge is 0.464 e. The summed E-state index contributed by atoms with van der Waals surface area (Å²) in [6.07, 6.45) is 0. The first-order chi connectivity index (χ1) is 7.63. The summed E-state index contributed by atoms with van der Waals surface area (Å²) in [7, 11) is 1.19. The Bertz CT molecular complexity index is 618. The number of carbonyl (C=O) groups is 1. The van der Waals surface area contributed by atoms with Gasteiger partial charge in [-0.3, -0.25) is 4.79 Å². The van der Waals surface area contributed by atoms with Crippen LogP contribution in [0.15, 0.2) is 29.1 Å². The third-order valence-electron chi connectivity index (χ3n) is 2.22. The first-order valence-corrected chi connectivity index (χ1v) is 4.53. The molecular weight excluding hydrogens is 213 g/mol. The Balaban J connectivity index is 2.80. The summed E-state index contributed by atoms with van der Waals surface area (Å²) in [6.45, 7) is 0. The summed E-state index contributed by atoms with van der Waals surface area (Å²) >= 11 is 0. The van der Waals surface area contributed by atoms with Crippen LogP contribution >= 0.6 is 0 Å². The van der Waals surface area contributed by atoms with Crippen molar-refractivity contribution < 1.29 is 13.9 Å². The molecule has 0 radical (unpaired) electrons. The molecule has 0 aliphatic rings. The van der Waals surface area contributed by atoms with Gasteiger partial charge in [0.1, 0.15) is 11.5 Å². The quantitative estimate of drug-likeness (QED) is 0.741. The van der Waals surface area contributed by atoms with Crippen molar-refractivity contribution in [1.82, 2.24) is 4.98 Å². The number of pyridine rings is 1. The van der Waals surface area contributed by atoms with Crippen LogP contribution in [0.5, 0.6) is 0 Å². The summed E-state index contributed by atoms with van der Waals surface area (Å²) in [4.78, 5) is 25.3. The van der Waals surface area contributed by atoms with Crippen LogP contribution < -0.4 is 5.43 Å². The third-order valence-corrected chi connectivity index (χ3v) is 2.22. The van der Waals surface area contributed by atoms with Crippen LogP contribution in [0, 0.1) is 5.82 Å². The highest BCUT2D eigenvalue weighted by Crippen LogP contribution is 2.12. The van der Waals surface area contributed by atoms with Gasteiger partial charge in [-0.15, -0.1) is 0 Å². The third kappa shape index (κ3) is 1.56. The maximum Gasteiger partial charge on any atom is 0.354 e. The maximum absolute atomic E-state index is 13.4. The van der Waals surface area contributed by atoms with Gasteiger partial charge in [0, 0.05) is 11.5 Å². The zero-order chi connectivity index (χ0) is 11.7. The van der Waals surface area contributed by atoms with E-state index < -0.39 is 17.2 Å². The lowest BCUT2D eigenvalue weighted by Gasteiger charge is -2.02. The SMILES string of the molecule is COC(=O)c1cc(=O)c2cccc(F)c2[nH]1. The molecule has 0 aliphatic heterocycles.